The Morgan fingerprint density at radius 2 is 2.14 bits per heavy atom. The predicted molar refractivity (Wildman–Crippen MR) is 53.0 cm³/mol. The number of ether oxygens (including phenoxy) is 2. The third-order valence-electron chi connectivity index (χ3n) is 2.40. The molecule has 0 aromatic carbocycles. The van der Waals surface area contributed by atoms with Crippen LogP contribution in [0, 0.1) is 5.92 Å². The van der Waals surface area contributed by atoms with E-state index in [4.69, 9.17) is 9.47 Å². The Labute approximate surface area is 85.0 Å². The third kappa shape index (κ3) is 4.07. The summed E-state index contributed by atoms with van der Waals surface area (Å²) in [7, 11) is 1.61. The maximum atomic E-state index is 11.2. The van der Waals surface area contributed by atoms with Gasteiger partial charge >= 0.3 is 0 Å². The van der Waals surface area contributed by atoms with Gasteiger partial charge in [-0.1, -0.05) is 6.92 Å². The number of hydrogen-bond donors (Lipinski definition) is 1. The number of hydrogen-bond acceptors (Lipinski definition) is 3. The molecule has 1 fully saturated rings. The molecule has 0 aromatic heterocycles. The Hall–Kier alpha value is -0.610. The highest BCUT2D eigenvalue weighted by atomic mass is 16.5. The number of carbonyl (C=O) groups is 1. The van der Waals surface area contributed by atoms with E-state index >= 15 is 0 Å². The van der Waals surface area contributed by atoms with Crippen LogP contribution in [-0.4, -0.2) is 38.9 Å². The Morgan fingerprint density at radius 3 is 2.71 bits per heavy atom. The Kier molecular flexibility index (Phi) is 4.90. The summed E-state index contributed by atoms with van der Waals surface area (Å²) >= 11 is 0. The second-order valence-corrected chi connectivity index (χ2v) is 3.89. The van der Waals surface area contributed by atoms with Gasteiger partial charge in [-0.25, -0.2) is 0 Å². The molecule has 0 atom stereocenters. The van der Waals surface area contributed by atoms with Gasteiger partial charge in [0.15, 0.2) is 0 Å². The normalized spacial score (nSPS) is 25.6. The Bertz CT molecular complexity index is 178. The monoisotopic (exact) mass is 201 g/mol. The van der Waals surface area contributed by atoms with Gasteiger partial charge in [0, 0.05) is 13.2 Å². The SMILES string of the molecule is COCCOCC(=O)NC1CC(C)C1. The molecule has 1 N–H and O–H groups in total. The highest BCUT2D eigenvalue weighted by molar-refractivity contribution is 5.77. The lowest BCUT2D eigenvalue weighted by atomic mass is 9.82. The lowest BCUT2D eigenvalue weighted by Crippen LogP contribution is -2.44. The molecule has 14 heavy (non-hydrogen) atoms. The molecule has 1 aliphatic rings. The van der Waals surface area contributed by atoms with Crippen LogP contribution in [0.5, 0.6) is 0 Å². The summed E-state index contributed by atoms with van der Waals surface area (Å²) in [6.07, 6.45) is 2.20. The van der Waals surface area contributed by atoms with E-state index in [0.717, 1.165) is 18.8 Å². The fourth-order valence-corrected chi connectivity index (χ4v) is 1.60. The average Bonchev–Trinajstić information content (AvgIpc) is 2.10. The van der Waals surface area contributed by atoms with Crippen LogP contribution in [0.15, 0.2) is 0 Å². The molecule has 0 aliphatic heterocycles. The Balaban J connectivity index is 1.94. The third-order valence-corrected chi connectivity index (χ3v) is 2.40. The Morgan fingerprint density at radius 1 is 1.43 bits per heavy atom. The minimum Gasteiger partial charge on any atom is -0.382 e. The van der Waals surface area contributed by atoms with Crippen molar-refractivity contribution in [2.75, 3.05) is 26.9 Å². The van der Waals surface area contributed by atoms with Crippen molar-refractivity contribution in [2.24, 2.45) is 5.92 Å². The second kappa shape index (κ2) is 5.98. The molecule has 1 aliphatic carbocycles. The van der Waals surface area contributed by atoms with Crippen molar-refractivity contribution in [3.05, 3.63) is 0 Å². The van der Waals surface area contributed by atoms with E-state index in [0.29, 0.717) is 19.3 Å². The number of carbonyl (C=O) groups excluding carboxylic acids is 1. The highest BCUT2D eigenvalue weighted by Gasteiger charge is 2.26. The summed E-state index contributed by atoms with van der Waals surface area (Å²) in [5.41, 5.74) is 0. The fourth-order valence-electron chi connectivity index (χ4n) is 1.60. The fraction of sp³-hybridized carbons (Fsp3) is 0.900. The van der Waals surface area contributed by atoms with Crippen molar-refractivity contribution >= 4 is 5.91 Å². The van der Waals surface area contributed by atoms with Crippen LogP contribution in [0.2, 0.25) is 0 Å². The van der Waals surface area contributed by atoms with E-state index < -0.39 is 0 Å². The van der Waals surface area contributed by atoms with Gasteiger partial charge in [0.05, 0.1) is 13.2 Å². The predicted octanol–water partition coefficient (Wildman–Crippen LogP) is 0.564. The first-order valence-corrected chi connectivity index (χ1v) is 5.08. The summed E-state index contributed by atoms with van der Waals surface area (Å²) in [6, 6.07) is 0.378. The molecule has 0 heterocycles. The molecular weight excluding hydrogens is 182 g/mol. The van der Waals surface area contributed by atoms with Crippen molar-refractivity contribution < 1.29 is 14.3 Å². The molecule has 0 saturated heterocycles. The molecule has 1 rings (SSSR count). The van der Waals surface area contributed by atoms with E-state index in [1.165, 1.54) is 0 Å². The summed E-state index contributed by atoms with van der Waals surface area (Å²) in [5.74, 6) is 0.743. The quantitative estimate of drug-likeness (QED) is 0.639. The lowest BCUT2D eigenvalue weighted by Gasteiger charge is -2.33. The summed E-state index contributed by atoms with van der Waals surface area (Å²) < 4.78 is 9.89. The van der Waals surface area contributed by atoms with E-state index in [9.17, 15) is 4.79 Å². The largest absolute Gasteiger partial charge is 0.382 e. The minimum atomic E-state index is -0.0157. The first-order valence-electron chi connectivity index (χ1n) is 5.08. The van der Waals surface area contributed by atoms with Crippen LogP contribution >= 0.6 is 0 Å². The maximum absolute atomic E-state index is 11.2. The molecule has 0 bridgehead atoms. The van der Waals surface area contributed by atoms with E-state index in [-0.39, 0.29) is 12.5 Å². The van der Waals surface area contributed by atoms with Crippen LogP contribution in [0.25, 0.3) is 0 Å². The van der Waals surface area contributed by atoms with E-state index in [1.807, 2.05) is 0 Å². The van der Waals surface area contributed by atoms with Gasteiger partial charge in [0.1, 0.15) is 6.61 Å². The molecule has 1 amide bonds. The molecule has 1 saturated carbocycles. The summed E-state index contributed by atoms with van der Waals surface area (Å²) in [5, 5.41) is 2.92. The van der Waals surface area contributed by atoms with Crippen LogP contribution in [0.1, 0.15) is 19.8 Å². The van der Waals surface area contributed by atoms with Crippen molar-refractivity contribution in [1.29, 1.82) is 0 Å². The molecule has 0 aromatic rings. The van der Waals surface area contributed by atoms with Crippen LogP contribution in [0.4, 0.5) is 0 Å². The summed E-state index contributed by atoms with van der Waals surface area (Å²) in [4.78, 5) is 11.2. The number of rotatable bonds is 6. The highest BCUT2D eigenvalue weighted by Crippen LogP contribution is 2.25. The molecule has 4 heteroatoms. The summed E-state index contributed by atoms with van der Waals surface area (Å²) in [6.45, 7) is 3.35. The molecule has 82 valence electrons. The van der Waals surface area contributed by atoms with E-state index in [2.05, 4.69) is 12.2 Å². The van der Waals surface area contributed by atoms with Crippen LogP contribution < -0.4 is 5.32 Å². The van der Waals surface area contributed by atoms with Crippen molar-refractivity contribution in [1.82, 2.24) is 5.32 Å². The number of amides is 1. The topological polar surface area (TPSA) is 47.6 Å². The van der Waals surface area contributed by atoms with Gasteiger partial charge in [-0.2, -0.15) is 0 Å². The molecule has 0 spiro atoms. The zero-order valence-electron chi connectivity index (χ0n) is 8.91. The smallest absolute Gasteiger partial charge is 0.246 e. The van der Waals surface area contributed by atoms with Crippen molar-refractivity contribution in [3.8, 4) is 0 Å². The van der Waals surface area contributed by atoms with Gasteiger partial charge in [-0.15, -0.1) is 0 Å². The van der Waals surface area contributed by atoms with Crippen molar-refractivity contribution in [3.63, 3.8) is 0 Å². The number of methoxy groups -OCH3 is 1. The van der Waals surface area contributed by atoms with Gasteiger partial charge in [-0.05, 0) is 18.8 Å². The molecule has 4 nitrogen and oxygen atoms in total. The number of nitrogens with one attached hydrogen (secondary N) is 1. The zero-order valence-corrected chi connectivity index (χ0v) is 8.91. The van der Waals surface area contributed by atoms with Gasteiger partial charge in [-0.3, -0.25) is 4.79 Å². The molecular formula is C10H19NO3. The molecule has 0 radical (unpaired) electrons. The van der Waals surface area contributed by atoms with Crippen LogP contribution in [0.3, 0.4) is 0 Å². The minimum absolute atomic E-state index is 0.0157. The van der Waals surface area contributed by atoms with E-state index in [1.54, 1.807) is 7.11 Å². The maximum Gasteiger partial charge on any atom is 0.246 e. The average molecular weight is 201 g/mol. The van der Waals surface area contributed by atoms with Gasteiger partial charge in [0.2, 0.25) is 5.91 Å². The first-order chi connectivity index (χ1) is 6.72. The van der Waals surface area contributed by atoms with Crippen molar-refractivity contribution in [2.45, 2.75) is 25.8 Å². The standard InChI is InChI=1S/C10H19NO3/c1-8-5-9(6-8)11-10(12)7-14-4-3-13-2/h8-9H,3-7H2,1-2H3,(H,11,12). The second-order valence-electron chi connectivity index (χ2n) is 3.89. The lowest BCUT2D eigenvalue weighted by molar-refractivity contribution is -0.127. The van der Waals surface area contributed by atoms with Gasteiger partial charge < -0.3 is 14.8 Å². The first kappa shape index (κ1) is 11.5. The zero-order chi connectivity index (χ0) is 10.4. The van der Waals surface area contributed by atoms with Crippen LogP contribution in [-0.2, 0) is 14.3 Å². The van der Waals surface area contributed by atoms with Gasteiger partial charge in [0.25, 0.3) is 0 Å². The molecule has 0 unspecified atom stereocenters.